The highest BCUT2D eigenvalue weighted by atomic mass is 32.2. The first-order valence-electron chi connectivity index (χ1n) is 8.82. The molecule has 142 valence electrons. The van der Waals surface area contributed by atoms with E-state index in [1.165, 1.54) is 4.31 Å². The van der Waals surface area contributed by atoms with Crippen molar-refractivity contribution in [3.63, 3.8) is 0 Å². The van der Waals surface area contributed by atoms with Gasteiger partial charge in [-0.1, -0.05) is 18.2 Å². The number of rotatable bonds is 8. The van der Waals surface area contributed by atoms with Gasteiger partial charge in [-0.15, -0.1) is 0 Å². The Morgan fingerprint density at radius 1 is 1.38 bits per heavy atom. The van der Waals surface area contributed by atoms with Crippen molar-refractivity contribution in [2.75, 3.05) is 32.5 Å². The van der Waals surface area contributed by atoms with E-state index >= 15 is 0 Å². The van der Waals surface area contributed by atoms with Gasteiger partial charge in [0.05, 0.1) is 18.9 Å². The summed E-state index contributed by atoms with van der Waals surface area (Å²) in [6.45, 7) is 1.24. The zero-order valence-corrected chi connectivity index (χ0v) is 15.7. The van der Waals surface area contributed by atoms with Gasteiger partial charge in [0.2, 0.25) is 15.9 Å². The van der Waals surface area contributed by atoms with E-state index in [0.29, 0.717) is 13.0 Å². The Labute approximate surface area is 153 Å². The minimum Gasteiger partial charge on any atom is -0.376 e. The van der Waals surface area contributed by atoms with Crippen LogP contribution >= 0.6 is 0 Å². The first-order chi connectivity index (χ1) is 12.4. The number of amides is 1. The van der Waals surface area contributed by atoms with Gasteiger partial charge in [0, 0.05) is 36.8 Å². The van der Waals surface area contributed by atoms with Crippen molar-refractivity contribution in [1.29, 1.82) is 0 Å². The fraction of sp³-hybridized carbons (Fsp3) is 0.500. The molecule has 0 aliphatic carbocycles. The lowest BCUT2D eigenvalue weighted by molar-refractivity contribution is -0.121. The summed E-state index contributed by atoms with van der Waals surface area (Å²) in [6, 6.07) is 7.88. The van der Waals surface area contributed by atoms with Gasteiger partial charge in [-0.25, -0.2) is 8.42 Å². The van der Waals surface area contributed by atoms with Crippen LogP contribution in [0.4, 0.5) is 0 Å². The molecule has 0 radical (unpaired) electrons. The van der Waals surface area contributed by atoms with Crippen LogP contribution in [0.1, 0.15) is 18.4 Å². The van der Waals surface area contributed by atoms with E-state index in [9.17, 15) is 13.2 Å². The molecule has 0 bridgehead atoms. The number of carbonyl (C=O) groups is 1. The van der Waals surface area contributed by atoms with Crippen LogP contribution < -0.4 is 5.32 Å². The number of nitrogens with one attached hydrogen (secondary N) is 2. The highest BCUT2D eigenvalue weighted by molar-refractivity contribution is 7.88. The summed E-state index contributed by atoms with van der Waals surface area (Å²) in [6.07, 6.45) is 5.53. The fourth-order valence-corrected chi connectivity index (χ4v) is 3.97. The van der Waals surface area contributed by atoms with Crippen LogP contribution in [0, 0.1) is 0 Å². The molecule has 2 N–H and O–H groups in total. The second kappa shape index (κ2) is 8.20. The number of hydrogen-bond acceptors (Lipinski definition) is 4. The third-order valence-electron chi connectivity index (χ3n) is 4.65. The molecule has 1 aromatic carbocycles. The number of aromatic nitrogens is 1. The van der Waals surface area contributed by atoms with Gasteiger partial charge in [-0.3, -0.25) is 4.79 Å². The van der Waals surface area contributed by atoms with Gasteiger partial charge in [0.1, 0.15) is 0 Å². The Kier molecular flexibility index (Phi) is 5.95. The zero-order valence-electron chi connectivity index (χ0n) is 14.9. The number of fused-ring (bicyclic) bond motifs is 1. The predicted molar refractivity (Wildman–Crippen MR) is 100 cm³/mol. The molecule has 1 aliphatic rings. The Hall–Kier alpha value is -1.90. The molecule has 8 heteroatoms. The average Bonchev–Trinajstić information content (AvgIpc) is 3.25. The van der Waals surface area contributed by atoms with Gasteiger partial charge in [-0.2, -0.15) is 4.31 Å². The molecule has 7 nitrogen and oxygen atoms in total. The molecule has 1 saturated heterocycles. The molecule has 1 aromatic heterocycles. The lowest BCUT2D eigenvalue weighted by Crippen LogP contribution is -2.43. The van der Waals surface area contributed by atoms with Gasteiger partial charge in [0.25, 0.3) is 0 Å². The highest BCUT2D eigenvalue weighted by Crippen LogP contribution is 2.18. The summed E-state index contributed by atoms with van der Waals surface area (Å²) in [4.78, 5) is 15.3. The van der Waals surface area contributed by atoms with E-state index < -0.39 is 10.0 Å². The number of H-pyrrole nitrogens is 1. The first-order valence-corrected chi connectivity index (χ1v) is 10.7. The molecule has 1 aliphatic heterocycles. The van der Waals surface area contributed by atoms with Crippen molar-refractivity contribution in [2.24, 2.45) is 0 Å². The molecule has 0 saturated carbocycles. The van der Waals surface area contributed by atoms with Crippen LogP contribution in [-0.2, 0) is 26.0 Å². The number of aromatic amines is 1. The van der Waals surface area contributed by atoms with Crippen molar-refractivity contribution in [3.05, 3.63) is 36.0 Å². The second-order valence-corrected chi connectivity index (χ2v) is 8.63. The first kappa shape index (κ1) is 18.9. The average molecular weight is 379 g/mol. The topological polar surface area (TPSA) is 91.5 Å². The second-order valence-electron chi connectivity index (χ2n) is 6.65. The number of ether oxygens (including phenoxy) is 1. The standard InChI is InChI=1S/C18H25N3O4S/c1-26(23,24)21(13-18(22)20-12-15-5-4-10-25-15)9-8-14-11-19-17-7-3-2-6-16(14)17/h2-3,6-7,11,15,19H,4-5,8-10,12-13H2,1H3,(H,20,22). The molecule has 26 heavy (non-hydrogen) atoms. The molecule has 2 aromatic rings. The number of sulfonamides is 1. The molecule has 1 atom stereocenters. The van der Waals surface area contributed by atoms with Crippen LogP contribution in [0.2, 0.25) is 0 Å². The normalized spacial score (nSPS) is 17.8. The zero-order chi connectivity index (χ0) is 18.6. The minimum absolute atomic E-state index is 0.0388. The van der Waals surface area contributed by atoms with Gasteiger partial charge >= 0.3 is 0 Å². The maximum Gasteiger partial charge on any atom is 0.235 e. The Morgan fingerprint density at radius 2 is 2.19 bits per heavy atom. The lowest BCUT2D eigenvalue weighted by Gasteiger charge is -2.20. The quantitative estimate of drug-likeness (QED) is 0.722. The number of hydrogen-bond donors (Lipinski definition) is 2. The lowest BCUT2D eigenvalue weighted by atomic mass is 10.1. The predicted octanol–water partition coefficient (Wildman–Crippen LogP) is 1.27. The van der Waals surface area contributed by atoms with Crippen LogP contribution in [0.25, 0.3) is 10.9 Å². The van der Waals surface area contributed by atoms with E-state index in [-0.39, 0.29) is 25.1 Å². The summed E-state index contributed by atoms with van der Waals surface area (Å²) in [5, 5.41) is 3.85. The van der Waals surface area contributed by atoms with Gasteiger partial charge in [-0.05, 0) is 30.9 Å². The van der Waals surface area contributed by atoms with Crippen molar-refractivity contribution >= 4 is 26.8 Å². The van der Waals surface area contributed by atoms with E-state index in [1.54, 1.807) is 0 Å². The van der Waals surface area contributed by atoms with Crippen molar-refractivity contribution in [2.45, 2.75) is 25.4 Å². The minimum atomic E-state index is -3.47. The summed E-state index contributed by atoms with van der Waals surface area (Å²) < 4.78 is 30.8. The Morgan fingerprint density at radius 3 is 2.92 bits per heavy atom. The summed E-state index contributed by atoms with van der Waals surface area (Å²) in [5.41, 5.74) is 2.05. The number of para-hydroxylation sites is 1. The van der Waals surface area contributed by atoms with Crippen LogP contribution in [0.5, 0.6) is 0 Å². The largest absolute Gasteiger partial charge is 0.376 e. The molecule has 1 amide bonds. The molecular weight excluding hydrogens is 354 g/mol. The van der Waals surface area contributed by atoms with Crippen LogP contribution in [-0.4, -0.2) is 62.2 Å². The van der Waals surface area contributed by atoms with E-state index in [0.717, 1.165) is 42.2 Å². The van der Waals surface area contributed by atoms with Crippen LogP contribution in [0.3, 0.4) is 0 Å². The van der Waals surface area contributed by atoms with Crippen molar-refractivity contribution < 1.29 is 17.9 Å². The van der Waals surface area contributed by atoms with E-state index in [1.807, 2.05) is 30.5 Å². The summed E-state index contributed by atoms with van der Waals surface area (Å²) in [7, 11) is -3.47. The van der Waals surface area contributed by atoms with Gasteiger partial charge < -0.3 is 15.0 Å². The Balaban J connectivity index is 1.58. The number of benzene rings is 1. The molecule has 3 rings (SSSR count). The summed E-state index contributed by atoms with van der Waals surface area (Å²) >= 11 is 0. The van der Waals surface area contributed by atoms with Crippen molar-refractivity contribution in [1.82, 2.24) is 14.6 Å². The monoisotopic (exact) mass is 379 g/mol. The third-order valence-corrected chi connectivity index (χ3v) is 5.90. The maximum atomic E-state index is 12.2. The SMILES string of the molecule is CS(=O)(=O)N(CCc1c[nH]c2ccccc12)CC(=O)NCC1CCCO1. The Bertz CT molecular complexity index is 856. The molecule has 0 spiro atoms. The number of nitrogens with zero attached hydrogens (tertiary/aromatic N) is 1. The third kappa shape index (κ3) is 4.84. The van der Waals surface area contributed by atoms with Crippen molar-refractivity contribution in [3.8, 4) is 0 Å². The summed E-state index contributed by atoms with van der Waals surface area (Å²) in [5.74, 6) is -0.301. The molecule has 1 unspecified atom stereocenters. The van der Waals surface area contributed by atoms with Crippen LogP contribution in [0.15, 0.2) is 30.5 Å². The smallest absolute Gasteiger partial charge is 0.235 e. The highest BCUT2D eigenvalue weighted by Gasteiger charge is 2.22. The van der Waals surface area contributed by atoms with E-state index in [2.05, 4.69) is 10.3 Å². The molecule has 1 fully saturated rings. The maximum absolute atomic E-state index is 12.2. The van der Waals surface area contributed by atoms with Gasteiger partial charge in [0.15, 0.2) is 0 Å². The molecule has 2 heterocycles. The fourth-order valence-electron chi connectivity index (χ4n) is 3.19. The number of carbonyl (C=O) groups excluding carboxylic acids is 1. The molecular formula is C18H25N3O4S. The van der Waals surface area contributed by atoms with E-state index in [4.69, 9.17) is 4.74 Å².